The van der Waals surface area contributed by atoms with Gasteiger partial charge >= 0.3 is 0 Å². The van der Waals surface area contributed by atoms with Crippen molar-refractivity contribution in [3.63, 3.8) is 0 Å². The molecule has 0 saturated heterocycles. The minimum atomic E-state index is -3.61. The number of rotatable bonds is 6. The van der Waals surface area contributed by atoms with Crippen LogP contribution in [0.4, 0.5) is 0 Å². The molecule has 0 spiro atoms. The molecular weight excluding hydrogens is 376 g/mol. The van der Waals surface area contributed by atoms with Gasteiger partial charge in [0.1, 0.15) is 11.4 Å². The first kappa shape index (κ1) is 20.4. The van der Waals surface area contributed by atoms with Crippen LogP contribution in [0.5, 0.6) is 0 Å². The van der Waals surface area contributed by atoms with Gasteiger partial charge in [0.15, 0.2) is 0 Å². The van der Waals surface area contributed by atoms with E-state index < -0.39 is 10.0 Å². The summed E-state index contributed by atoms with van der Waals surface area (Å²) in [5.74, 6) is -0.167. The maximum absolute atomic E-state index is 12.5. The van der Waals surface area contributed by atoms with Gasteiger partial charge in [0, 0.05) is 32.7 Å². The maximum atomic E-state index is 12.5. The molecule has 7 nitrogen and oxygen atoms in total. The number of likely N-dealkylation sites (N-methyl/N-ethyl adjacent to an activating group) is 1. The highest BCUT2D eigenvalue weighted by Crippen LogP contribution is 2.22. The lowest BCUT2D eigenvalue weighted by atomic mass is 10.2. The first-order valence-corrected chi connectivity index (χ1v) is 9.80. The van der Waals surface area contributed by atoms with Crippen LogP contribution in [-0.2, 0) is 27.9 Å². The molecule has 0 aliphatic heterocycles. The summed E-state index contributed by atoms with van der Waals surface area (Å²) in [5.41, 5.74) is 1.78. The van der Waals surface area contributed by atoms with Crippen molar-refractivity contribution in [2.45, 2.75) is 31.8 Å². The number of nitrogens with zero attached hydrogens (tertiary/aromatic N) is 4. The van der Waals surface area contributed by atoms with E-state index in [1.165, 1.54) is 18.8 Å². The van der Waals surface area contributed by atoms with E-state index in [0.717, 1.165) is 9.87 Å². The Hall–Kier alpha value is -1.90. The zero-order valence-corrected chi connectivity index (χ0v) is 17.1. The molecule has 0 atom stereocenters. The number of carbonyl (C=O) groups is 1. The van der Waals surface area contributed by atoms with Crippen molar-refractivity contribution in [2.75, 3.05) is 21.1 Å². The number of amides is 1. The van der Waals surface area contributed by atoms with E-state index in [9.17, 15) is 13.2 Å². The second-order valence-electron chi connectivity index (χ2n) is 6.32. The Labute approximate surface area is 159 Å². The van der Waals surface area contributed by atoms with E-state index >= 15 is 0 Å². The highest BCUT2D eigenvalue weighted by molar-refractivity contribution is 7.89. The Morgan fingerprint density at radius 3 is 2.27 bits per heavy atom. The van der Waals surface area contributed by atoms with E-state index in [2.05, 4.69) is 5.10 Å². The van der Waals surface area contributed by atoms with Crippen LogP contribution in [-0.4, -0.2) is 54.5 Å². The highest BCUT2D eigenvalue weighted by atomic mass is 35.5. The van der Waals surface area contributed by atoms with Crippen LogP contribution < -0.4 is 0 Å². The maximum Gasteiger partial charge on any atom is 0.246 e. The summed E-state index contributed by atoms with van der Waals surface area (Å²) in [5, 5.41) is 4.88. The summed E-state index contributed by atoms with van der Waals surface area (Å²) in [6, 6.07) is 7.26. The first-order valence-electron chi connectivity index (χ1n) is 7.99. The van der Waals surface area contributed by atoms with Crippen molar-refractivity contribution in [1.82, 2.24) is 19.0 Å². The van der Waals surface area contributed by atoms with Crippen molar-refractivity contribution < 1.29 is 13.2 Å². The van der Waals surface area contributed by atoms with Crippen LogP contribution >= 0.6 is 11.6 Å². The predicted molar refractivity (Wildman–Crippen MR) is 100 cm³/mol. The third-order valence-corrected chi connectivity index (χ3v) is 6.42. The summed E-state index contributed by atoms with van der Waals surface area (Å²) in [7, 11) is 1.02. The summed E-state index contributed by atoms with van der Waals surface area (Å²) < 4.78 is 27.5. The highest BCUT2D eigenvalue weighted by Gasteiger charge is 2.27. The molecule has 0 unspecified atom stereocenters. The molecule has 1 heterocycles. The number of sulfonamides is 1. The number of carbonyl (C=O) groups excluding carboxylic acids is 1. The molecular formula is C17H23ClN4O3S. The van der Waals surface area contributed by atoms with Gasteiger partial charge in [0.05, 0.1) is 11.4 Å². The van der Waals surface area contributed by atoms with Crippen LogP contribution in [0.2, 0.25) is 5.02 Å². The predicted octanol–water partition coefficient (Wildman–Crippen LogP) is 2.06. The van der Waals surface area contributed by atoms with Gasteiger partial charge in [-0.2, -0.15) is 5.10 Å². The number of hydrogen-bond acceptors (Lipinski definition) is 4. The van der Waals surface area contributed by atoms with Crippen LogP contribution in [0.1, 0.15) is 17.0 Å². The quantitative estimate of drug-likeness (QED) is 0.746. The Morgan fingerprint density at radius 1 is 1.15 bits per heavy atom. The zero-order chi connectivity index (χ0) is 19.6. The Kier molecular flexibility index (Phi) is 6.10. The molecule has 142 valence electrons. The SMILES string of the molecule is Cc1nn(CC(=O)N(C)Cc2ccc(Cl)cc2)c(C)c1S(=O)(=O)N(C)C. The molecule has 0 aliphatic carbocycles. The molecule has 1 aromatic carbocycles. The third-order valence-electron chi connectivity index (χ3n) is 4.10. The molecule has 1 aromatic heterocycles. The molecule has 0 N–H and O–H groups in total. The fourth-order valence-corrected chi connectivity index (χ4v) is 3.97. The molecule has 0 saturated carbocycles. The number of benzene rings is 1. The lowest BCUT2D eigenvalue weighted by Crippen LogP contribution is -2.30. The van der Waals surface area contributed by atoms with E-state index in [1.54, 1.807) is 37.9 Å². The summed E-state index contributed by atoms with van der Waals surface area (Å²) in [6.45, 7) is 3.68. The van der Waals surface area contributed by atoms with Gasteiger partial charge < -0.3 is 4.90 Å². The lowest BCUT2D eigenvalue weighted by molar-refractivity contribution is -0.131. The Bertz CT molecular complexity index is 905. The number of hydrogen-bond donors (Lipinski definition) is 0. The second kappa shape index (κ2) is 7.77. The van der Waals surface area contributed by atoms with Crippen molar-refractivity contribution in [3.05, 3.63) is 46.2 Å². The van der Waals surface area contributed by atoms with E-state index in [-0.39, 0.29) is 17.3 Å². The summed E-state index contributed by atoms with van der Waals surface area (Å²) >= 11 is 5.87. The molecule has 2 rings (SSSR count). The molecule has 9 heteroatoms. The first-order chi connectivity index (χ1) is 12.0. The zero-order valence-electron chi connectivity index (χ0n) is 15.5. The largest absolute Gasteiger partial charge is 0.340 e. The van der Waals surface area contributed by atoms with Crippen LogP contribution in [0, 0.1) is 13.8 Å². The molecule has 2 aromatic rings. The number of aromatic nitrogens is 2. The van der Waals surface area contributed by atoms with Gasteiger partial charge in [-0.15, -0.1) is 0 Å². The van der Waals surface area contributed by atoms with Crippen LogP contribution in [0.15, 0.2) is 29.2 Å². The lowest BCUT2D eigenvalue weighted by Gasteiger charge is -2.18. The van der Waals surface area contributed by atoms with Gasteiger partial charge in [-0.25, -0.2) is 12.7 Å². The fraction of sp³-hybridized carbons (Fsp3) is 0.412. The molecule has 0 fully saturated rings. The normalized spacial score (nSPS) is 11.8. The standard InChI is InChI=1S/C17H23ClN4O3S/c1-12-17(26(24,25)20(3)4)13(2)22(19-12)11-16(23)21(5)10-14-6-8-15(18)9-7-14/h6-9H,10-11H2,1-5H3. The molecule has 0 radical (unpaired) electrons. The molecule has 0 bridgehead atoms. The number of halogens is 1. The van der Waals surface area contributed by atoms with Crippen molar-refractivity contribution in [1.29, 1.82) is 0 Å². The minimum absolute atomic E-state index is 0.0281. The van der Waals surface area contributed by atoms with E-state index in [4.69, 9.17) is 11.6 Å². The molecule has 0 aliphatic rings. The fourth-order valence-electron chi connectivity index (χ4n) is 2.59. The molecule has 1 amide bonds. The van der Waals surface area contributed by atoms with Gasteiger partial charge in [-0.1, -0.05) is 23.7 Å². The monoisotopic (exact) mass is 398 g/mol. The second-order valence-corrected chi connectivity index (χ2v) is 8.85. The topological polar surface area (TPSA) is 75.5 Å². The summed E-state index contributed by atoms with van der Waals surface area (Å²) in [4.78, 5) is 14.2. The smallest absolute Gasteiger partial charge is 0.246 e. The average molecular weight is 399 g/mol. The van der Waals surface area contributed by atoms with E-state index in [1.807, 2.05) is 12.1 Å². The number of aryl methyl sites for hydroxylation is 1. The van der Waals surface area contributed by atoms with Gasteiger partial charge in [0.25, 0.3) is 0 Å². The minimum Gasteiger partial charge on any atom is -0.340 e. The third kappa shape index (κ3) is 4.25. The Balaban J connectivity index is 2.18. The van der Waals surface area contributed by atoms with Crippen molar-refractivity contribution in [3.8, 4) is 0 Å². The Morgan fingerprint density at radius 2 is 1.73 bits per heavy atom. The van der Waals surface area contributed by atoms with Gasteiger partial charge in [-0.3, -0.25) is 9.48 Å². The molecule has 26 heavy (non-hydrogen) atoms. The van der Waals surface area contributed by atoms with Crippen molar-refractivity contribution >= 4 is 27.5 Å². The van der Waals surface area contributed by atoms with E-state index in [0.29, 0.717) is 23.0 Å². The average Bonchev–Trinajstić information content (AvgIpc) is 2.83. The summed E-state index contributed by atoms with van der Waals surface area (Å²) in [6.07, 6.45) is 0. The van der Waals surface area contributed by atoms with Gasteiger partial charge in [0.2, 0.25) is 15.9 Å². The van der Waals surface area contributed by atoms with Gasteiger partial charge in [-0.05, 0) is 31.5 Å². The van der Waals surface area contributed by atoms with Crippen LogP contribution in [0.3, 0.4) is 0 Å². The van der Waals surface area contributed by atoms with Crippen LogP contribution in [0.25, 0.3) is 0 Å². The van der Waals surface area contributed by atoms with Crippen molar-refractivity contribution in [2.24, 2.45) is 0 Å².